The Labute approximate surface area is 157 Å². The van der Waals surface area contributed by atoms with E-state index in [9.17, 15) is 0 Å². The van der Waals surface area contributed by atoms with Gasteiger partial charge in [0, 0.05) is 19.7 Å². The molecule has 5 aromatic carbocycles. The SMILES string of the molecule is Cc1ccc2c3c(Br)ccc4c(C)ccc(c5c(Br)ccc1c25)c43. The molecule has 2 heteroatoms. The fourth-order valence-electron chi connectivity index (χ4n) is 4.08. The van der Waals surface area contributed by atoms with Crippen molar-refractivity contribution in [2.24, 2.45) is 0 Å². The van der Waals surface area contributed by atoms with Crippen LogP contribution >= 0.6 is 31.9 Å². The smallest absolute Gasteiger partial charge is 0.0260 e. The molecule has 0 radical (unpaired) electrons. The Morgan fingerprint density at radius 1 is 0.458 bits per heavy atom. The summed E-state index contributed by atoms with van der Waals surface area (Å²) in [6, 6.07) is 17.9. The van der Waals surface area contributed by atoms with Crippen LogP contribution in [-0.2, 0) is 0 Å². The van der Waals surface area contributed by atoms with E-state index in [0.29, 0.717) is 0 Å². The number of halogens is 2. The second-order valence-corrected chi connectivity index (χ2v) is 8.26. The minimum Gasteiger partial charge on any atom is -0.0581 e. The van der Waals surface area contributed by atoms with Gasteiger partial charge in [-0.1, -0.05) is 68.3 Å². The van der Waals surface area contributed by atoms with Gasteiger partial charge in [-0.15, -0.1) is 0 Å². The Morgan fingerprint density at radius 2 is 0.833 bits per heavy atom. The Kier molecular flexibility index (Phi) is 3.02. The highest BCUT2D eigenvalue weighted by molar-refractivity contribution is 9.11. The molecule has 0 atom stereocenters. The molecular weight excluding hydrogens is 424 g/mol. The third-order valence-corrected chi connectivity index (χ3v) is 6.56. The first-order chi connectivity index (χ1) is 11.6. The van der Waals surface area contributed by atoms with Crippen molar-refractivity contribution in [1.82, 2.24) is 0 Å². The van der Waals surface area contributed by atoms with Crippen LogP contribution < -0.4 is 0 Å². The van der Waals surface area contributed by atoms with Crippen molar-refractivity contribution in [1.29, 1.82) is 0 Å². The van der Waals surface area contributed by atoms with Crippen molar-refractivity contribution in [2.45, 2.75) is 13.8 Å². The van der Waals surface area contributed by atoms with E-state index in [4.69, 9.17) is 0 Å². The van der Waals surface area contributed by atoms with Crippen molar-refractivity contribution in [3.63, 3.8) is 0 Å². The first kappa shape index (κ1) is 14.7. The number of rotatable bonds is 0. The van der Waals surface area contributed by atoms with Crippen LogP contribution in [0.5, 0.6) is 0 Å². The quantitative estimate of drug-likeness (QED) is 0.171. The molecule has 0 N–H and O–H groups in total. The Hall–Kier alpha value is -1.64. The zero-order valence-corrected chi connectivity index (χ0v) is 16.5. The molecule has 0 nitrogen and oxygen atoms in total. The maximum absolute atomic E-state index is 3.81. The molecule has 24 heavy (non-hydrogen) atoms. The molecule has 0 spiro atoms. The molecule has 0 saturated carbocycles. The summed E-state index contributed by atoms with van der Waals surface area (Å²) >= 11 is 7.62. The van der Waals surface area contributed by atoms with Crippen LogP contribution in [0.4, 0.5) is 0 Å². The minimum atomic E-state index is 1.16. The average molecular weight is 438 g/mol. The molecule has 0 heterocycles. The topological polar surface area (TPSA) is 0 Å². The van der Waals surface area contributed by atoms with Gasteiger partial charge in [-0.2, -0.15) is 0 Å². The van der Waals surface area contributed by atoms with Crippen molar-refractivity contribution in [3.8, 4) is 0 Å². The lowest BCUT2D eigenvalue weighted by Gasteiger charge is -2.18. The first-order valence-corrected chi connectivity index (χ1v) is 9.61. The summed E-state index contributed by atoms with van der Waals surface area (Å²) in [5.41, 5.74) is 2.64. The lowest BCUT2D eigenvalue weighted by molar-refractivity contribution is 1.53. The number of benzene rings is 5. The van der Waals surface area contributed by atoms with E-state index in [0.717, 1.165) is 8.95 Å². The van der Waals surface area contributed by atoms with Gasteiger partial charge in [-0.05, 0) is 69.4 Å². The van der Waals surface area contributed by atoms with Gasteiger partial charge in [-0.3, -0.25) is 0 Å². The predicted molar refractivity (Wildman–Crippen MR) is 113 cm³/mol. The summed E-state index contributed by atoms with van der Waals surface area (Å²) in [5, 5.41) is 10.7. The van der Waals surface area contributed by atoms with Gasteiger partial charge in [0.1, 0.15) is 0 Å². The molecule has 0 unspecified atom stereocenters. The molecule has 0 bridgehead atoms. The zero-order valence-electron chi connectivity index (χ0n) is 13.4. The number of fused-ring (bicyclic) bond motifs is 2. The summed E-state index contributed by atoms with van der Waals surface area (Å²) in [5.74, 6) is 0. The summed E-state index contributed by atoms with van der Waals surface area (Å²) in [6.45, 7) is 4.38. The molecule has 5 aromatic rings. The molecule has 0 aliphatic rings. The van der Waals surface area contributed by atoms with Gasteiger partial charge in [0.25, 0.3) is 0 Å². The molecule has 0 aliphatic carbocycles. The van der Waals surface area contributed by atoms with E-state index in [1.165, 1.54) is 54.2 Å². The number of aryl methyl sites for hydroxylation is 2. The Bertz CT molecular complexity index is 1180. The Morgan fingerprint density at radius 3 is 1.25 bits per heavy atom. The third kappa shape index (κ3) is 1.73. The molecule has 0 saturated heterocycles. The molecular formula is C22H14Br2. The van der Waals surface area contributed by atoms with Gasteiger partial charge >= 0.3 is 0 Å². The molecule has 0 fully saturated rings. The van der Waals surface area contributed by atoms with Crippen LogP contribution in [0.2, 0.25) is 0 Å². The fraction of sp³-hybridized carbons (Fsp3) is 0.0909. The first-order valence-electron chi connectivity index (χ1n) is 8.02. The van der Waals surface area contributed by atoms with E-state index in [-0.39, 0.29) is 0 Å². The largest absolute Gasteiger partial charge is 0.0581 e. The van der Waals surface area contributed by atoms with Gasteiger partial charge in [-0.25, -0.2) is 0 Å². The van der Waals surface area contributed by atoms with E-state index >= 15 is 0 Å². The number of hydrogen-bond donors (Lipinski definition) is 0. The van der Waals surface area contributed by atoms with Crippen molar-refractivity contribution in [2.75, 3.05) is 0 Å². The second-order valence-electron chi connectivity index (χ2n) is 6.55. The van der Waals surface area contributed by atoms with Crippen molar-refractivity contribution < 1.29 is 0 Å². The molecule has 5 rings (SSSR count). The van der Waals surface area contributed by atoms with Crippen molar-refractivity contribution in [3.05, 3.63) is 68.6 Å². The summed E-state index contributed by atoms with van der Waals surface area (Å²) < 4.78 is 2.33. The third-order valence-electron chi connectivity index (χ3n) is 5.24. The molecule has 0 amide bonds. The van der Waals surface area contributed by atoms with E-state index in [1.54, 1.807) is 0 Å². The maximum Gasteiger partial charge on any atom is 0.0260 e. The summed E-state index contributed by atoms with van der Waals surface area (Å²) in [4.78, 5) is 0. The van der Waals surface area contributed by atoms with Crippen LogP contribution in [0, 0.1) is 13.8 Å². The highest BCUT2D eigenvalue weighted by Crippen LogP contribution is 2.46. The average Bonchev–Trinajstić information content (AvgIpc) is 2.57. The second kappa shape index (κ2) is 4.93. The molecule has 0 aliphatic heterocycles. The van der Waals surface area contributed by atoms with Crippen LogP contribution in [0.25, 0.3) is 43.1 Å². The summed E-state index contributed by atoms with van der Waals surface area (Å²) in [6.07, 6.45) is 0. The van der Waals surface area contributed by atoms with E-state index < -0.39 is 0 Å². The molecule has 116 valence electrons. The van der Waals surface area contributed by atoms with Gasteiger partial charge in [0.15, 0.2) is 0 Å². The van der Waals surface area contributed by atoms with Crippen molar-refractivity contribution >= 4 is 74.9 Å². The van der Waals surface area contributed by atoms with E-state index in [1.807, 2.05) is 0 Å². The van der Waals surface area contributed by atoms with Gasteiger partial charge in [0.05, 0.1) is 0 Å². The lowest BCUT2D eigenvalue weighted by atomic mass is 9.87. The van der Waals surface area contributed by atoms with Crippen LogP contribution in [0.15, 0.2) is 57.5 Å². The summed E-state index contributed by atoms with van der Waals surface area (Å²) in [7, 11) is 0. The van der Waals surface area contributed by atoms with Gasteiger partial charge < -0.3 is 0 Å². The van der Waals surface area contributed by atoms with Crippen LogP contribution in [-0.4, -0.2) is 0 Å². The normalized spacial score (nSPS) is 12.2. The highest BCUT2D eigenvalue weighted by Gasteiger charge is 2.17. The number of hydrogen-bond acceptors (Lipinski definition) is 0. The Balaban J connectivity index is 2.31. The monoisotopic (exact) mass is 436 g/mol. The maximum atomic E-state index is 3.81. The minimum absolute atomic E-state index is 1.16. The van der Waals surface area contributed by atoms with Crippen LogP contribution in [0.3, 0.4) is 0 Å². The fourth-order valence-corrected chi connectivity index (χ4v) is 5.17. The van der Waals surface area contributed by atoms with E-state index in [2.05, 4.69) is 94.2 Å². The lowest BCUT2D eigenvalue weighted by Crippen LogP contribution is -1.91. The molecule has 0 aromatic heterocycles. The van der Waals surface area contributed by atoms with Crippen LogP contribution in [0.1, 0.15) is 11.1 Å². The highest BCUT2D eigenvalue weighted by atomic mass is 79.9. The van der Waals surface area contributed by atoms with Gasteiger partial charge in [0.2, 0.25) is 0 Å². The standard InChI is InChI=1S/C22H14Br2/c1-11-3-5-15-19-13(11)7-9-17(23)21(19)16-6-4-12(2)14-8-10-18(24)22(15)20(14)16/h3-10H,1-2H3. The predicted octanol–water partition coefficient (Wildman–Crippen LogP) is 7.88. The zero-order chi connectivity index (χ0) is 16.6.